The highest BCUT2D eigenvalue weighted by molar-refractivity contribution is 5.44. The molecule has 0 fully saturated rings. The predicted octanol–water partition coefficient (Wildman–Crippen LogP) is 5.39. The van der Waals surface area contributed by atoms with Gasteiger partial charge in [0.25, 0.3) is 0 Å². The van der Waals surface area contributed by atoms with Crippen LogP contribution in [0.1, 0.15) is 32.0 Å². The Balaban J connectivity index is 1.99. The van der Waals surface area contributed by atoms with Gasteiger partial charge in [0.2, 0.25) is 5.88 Å². The summed E-state index contributed by atoms with van der Waals surface area (Å²) in [5, 5.41) is 15.4. The molecule has 35 heavy (non-hydrogen) atoms. The summed E-state index contributed by atoms with van der Waals surface area (Å²) in [5.74, 6) is 0.554. The normalized spacial score (nSPS) is 12.3. The minimum Gasteiger partial charge on any atom is -0.435 e. The van der Waals surface area contributed by atoms with Crippen LogP contribution in [0, 0.1) is 11.7 Å². The van der Waals surface area contributed by atoms with Crippen molar-refractivity contribution in [1.82, 2.24) is 14.7 Å². The van der Waals surface area contributed by atoms with Gasteiger partial charge in [-0.1, -0.05) is 57.2 Å². The average molecular weight is 482 g/mol. The van der Waals surface area contributed by atoms with Crippen LogP contribution in [0.15, 0.2) is 67.3 Å². The van der Waals surface area contributed by atoms with Crippen molar-refractivity contribution in [3.05, 3.63) is 84.3 Å². The number of aliphatic hydroxyl groups excluding tert-OH is 1. The van der Waals surface area contributed by atoms with Gasteiger partial charge in [0.15, 0.2) is 11.6 Å². The van der Waals surface area contributed by atoms with Crippen molar-refractivity contribution < 1.29 is 19.0 Å². The monoisotopic (exact) mass is 481 g/mol. The van der Waals surface area contributed by atoms with Crippen LogP contribution in [-0.4, -0.2) is 52.2 Å². The molecule has 0 radical (unpaired) electrons. The molecule has 1 heterocycles. The van der Waals surface area contributed by atoms with Crippen LogP contribution in [0.25, 0.3) is 5.69 Å². The minimum absolute atomic E-state index is 0.141. The van der Waals surface area contributed by atoms with Crippen molar-refractivity contribution in [2.75, 3.05) is 26.3 Å². The van der Waals surface area contributed by atoms with Gasteiger partial charge in [0, 0.05) is 19.6 Å². The summed E-state index contributed by atoms with van der Waals surface area (Å²) in [7, 11) is 0. The first-order chi connectivity index (χ1) is 16.9. The summed E-state index contributed by atoms with van der Waals surface area (Å²) in [6.45, 7) is 12.3. The van der Waals surface area contributed by atoms with E-state index < -0.39 is 11.9 Å². The van der Waals surface area contributed by atoms with E-state index in [-0.39, 0.29) is 12.4 Å². The number of ether oxygens (including phenoxy) is 2. The largest absolute Gasteiger partial charge is 0.435 e. The van der Waals surface area contributed by atoms with Crippen molar-refractivity contribution in [3.8, 4) is 17.3 Å². The number of halogens is 1. The molecule has 0 aliphatic rings. The molecule has 0 saturated carbocycles. The number of aryl methyl sites for hydroxylation is 1. The van der Waals surface area contributed by atoms with Gasteiger partial charge in [-0.25, -0.2) is 9.07 Å². The molecule has 7 heteroatoms. The van der Waals surface area contributed by atoms with Gasteiger partial charge in [-0.2, -0.15) is 5.10 Å². The number of benzene rings is 2. The maximum absolute atomic E-state index is 14.6. The van der Waals surface area contributed by atoms with Crippen molar-refractivity contribution in [3.63, 3.8) is 0 Å². The summed E-state index contributed by atoms with van der Waals surface area (Å²) < 4.78 is 27.9. The smallest absolute Gasteiger partial charge is 0.227 e. The topological polar surface area (TPSA) is 59.8 Å². The van der Waals surface area contributed by atoms with E-state index >= 15 is 0 Å². The van der Waals surface area contributed by atoms with Crippen molar-refractivity contribution in [2.45, 2.75) is 39.8 Å². The van der Waals surface area contributed by atoms with Crippen LogP contribution < -0.4 is 4.74 Å². The van der Waals surface area contributed by atoms with Crippen LogP contribution in [0.3, 0.4) is 0 Å². The molecule has 1 atom stereocenters. The van der Waals surface area contributed by atoms with Crippen LogP contribution in [0.2, 0.25) is 0 Å². The van der Waals surface area contributed by atoms with Crippen LogP contribution >= 0.6 is 0 Å². The average Bonchev–Trinajstić information content (AvgIpc) is 3.17. The van der Waals surface area contributed by atoms with E-state index in [0.29, 0.717) is 37.9 Å². The molecular weight excluding hydrogens is 445 g/mol. The highest BCUT2D eigenvalue weighted by Crippen LogP contribution is 2.33. The third-order valence-corrected chi connectivity index (χ3v) is 5.42. The fourth-order valence-electron chi connectivity index (χ4n) is 3.98. The molecule has 2 aromatic carbocycles. The molecule has 0 aliphatic heterocycles. The molecule has 1 aromatic heterocycles. The SMILES string of the molecule is C=CCOC[C@@H](O)CN(Cc1c(CC)nn(-c2ccccc2)c1Oc1ccccc1F)CC(C)C. The summed E-state index contributed by atoms with van der Waals surface area (Å²) in [5.41, 5.74) is 2.57. The number of aromatic nitrogens is 2. The molecule has 0 aliphatic carbocycles. The number of rotatable bonds is 14. The third-order valence-electron chi connectivity index (χ3n) is 5.42. The Morgan fingerprint density at radius 1 is 1.11 bits per heavy atom. The molecule has 188 valence electrons. The second-order valence-corrected chi connectivity index (χ2v) is 8.93. The van der Waals surface area contributed by atoms with E-state index in [2.05, 4.69) is 25.3 Å². The first-order valence-electron chi connectivity index (χ1n) is 12.1. The van der Waals surface area contributed by atoms with Gasteiger partial charge in [0.1, 0.15) is 0 Å². The number of nitrogens with zero attached hydrogens (tertiary/aromatic N) is 3. The van der Waals surface area contributed by atoms with Crippen LogP contribution in [-0.2, 0) is 17.7 Å². The third kappa shape index (κ3) is 7.49. The van der Waals surface area contributed by atoms with Crippen molar-refractivity contribution in [2.24, 2.45) is 5.92 Å². The fourth-order valence-corrected chi connectivity index (χ4v) is 3.98. The van der Waals surface area contributed by atoms with Crippen LogP contribution in [0.5, 0.6) is 11.6 Å². The molecule has 0 amide bonds. The number of hydrogen-bond acceptors (Lipinski definition) is 5. The maximum atomic E-state index is 14.6. The van der Waals surface area contributed by atoms with Crippen molar-refractivity contribution >= 4 is 0 Å². The van der Waals surface area contributed by atoms with E-state index in [1.165, 1.54) is 6.07 Å². The summed E-state index contributed by atoms with van der Waals surface area (Å²) in [4.78, 5) is 2.17. The number of hydrogen-bond donors (Lipinski definition) is 1. The Labute approximate surface area is 207 Å². The summed E-state index contributed by atoms with van der Waals surface area (Å²) in [6, 6.07) is 16.0. The Morgan fingerprint density at radius 3 is 2.49 bits per heavy atom. The van der Waals surface area contributed by atoms with Gasteiger partial charge in [-0.3, -0.25) is 4.90 Å². The lowest BCUT2D eigenvalue weighted by molar-refractivity contribution is 0.0221. The Morgan fingerprint density at radius 2 is 1.83 bits per heavy atom. The first-order valence-corrected chi connectivity index (χ1v) is 12.1. The quantitative estimate of drug-likeness (QED) is 0.247. The zero-order valence-electron chi connectivity index (χ0n) is 20.9. The molecule has 6 nitrogen and oxygen atoms in total. The molecule has 0 bridgehead atoms. The molecular formula is C28H36FN3O3. The first kappa shape index (κ1) is 26.6. The van der Waals surface area contributed by atoms with Crippen LogP contribution in [0.4, 0.5) is 4.39 Å². The molecule has 1 N–H and O–H groups in total. The van der Waals surface area contributed by atoms with Gasteiger partial charge in [-0.15, -0.1) is 6.58 Å². The lowest BCUT2D eigenvalue weighted by Crippen LogP contribution is -2.37. The Hall–Kier alpha value is -3.00. The van der Waals surface area contributed by atoms with E-state index in [1.807, 2.05) is 37.3 Å². The van der Waals surface area contributed by atoms with Gasteiger partial charge < -0.3 is 14.6 Å². The molecule has 0 spiro atoms. The molecule has 3 aromatic rings. The van der Waals surface area contributed by atoms with Gasteiger partial charge in [0.05, 0.1) is 36.3 Å². The zero-order chi connectivity index (χ0) is 25.2. The lowest BCUT2D eigenvalue weighted by Gasteiger charge is -2.27. The molecule has 3 rings (SSSR count). The predicted molar refractivity (Wildman–Crippen MR) is 137 cm³/mol. The fraction of sp³-hybridized carbons (Fsp3) is 0.393. The molecule has 0 unspecified atom stereocenters. The van der Waals surface area contributed by atoms with Crippen molar-refractivity contribution in [1.29, 1.82) is 0 Å². The number of para-hydroxylation sites is 2. The van der Waals surface area contributed by atoms with E-state index in [1.54, 1.807) is 29.0 Å². The van der Waals surface area contributed by atoms with E-state index in [9.17, 15) is 9.50 Å². The second kappa shape index (κ2) is 13.2. The number of aliphatic hydroxyl groups is 1. The lowest BCUT2D eigenvalue weighted by atomic mass is 10.1. The minimum atomic E-state index is -0.654. The van der Waals surface area contributed by atoms with E-state index in [4.69, 9.17) is 14.6 Å². The standard InChI is InChI=1S/C28H36FN3O3/c1-5-16-34-20-23(33)18-31(17-21(3)4)19-24-26(6-2)30-32(22-12-8-7-9-13-22)28(24)35-27-15-11-10-14-25(27)29/h5,7-15,21,23,33H,1,6,16-20H2,2-4H3/t23-/m0/s1. The summed E-state index contributed by atoms with van der Waals surface area (Å²) in [6.07, 6.45) is 1.69. The zero-order valence-corrected chi connectivity index (χ0v) is 20.9. The summed E-state index contributed by atoms with van der Waals surface area (Å²) >= 11 is 0. The van der Waals surface area contributed by atoms with Gasteiger partial charge >= 0.3 is 0 Å². The Bertz CT molecular complexity index is 1070. The van der Waals surface area contributed by atoms with E-state index in [0.717, 1.165) is 23.5 Å². The second-order valence-electron chi connectivity index (χ2n) is 8.93. The maximum Gasteiger partial charge on any atom is 0.227 e. The molecule has 0 saturated heterocycles. The highest BCUT2D eigenvalue weighted by atomic mass is 19.1. The highest BCUT2D eigenvalue weighted by Gasteiger charge is 2.24. The van der Waals surface area contributed by atoms with Gasteiger partial charge in [-0.05, 0) is 36.6 Å². The Kier molecular flexibility index (Phi) is 10.0.